The van der Waals surface area contributed by atoms with Gasteiger partial charge in [0.05, 0.1) is 9.92 Å². The Labute approximate surface area is 159 Å². The Morgan fingerprint density at radius 1 is 1.12 bits per heavy atom. The predicted octanol–water partition coefficient (Wildman–Crippen LogP) is 3.39. The first-order chi connectivity index (χ1) is 12.3. The molecule has 0 heterocycles. The fraction of sp³-hybridized carbons (Fsp3) is 0.316. The van der Waals surface area contributed by atoms with Gasteiger partial charge in [-0.1, -0.05) is 29.8 Å². The van der Waals surface area contributed by atoms with E-state index >= 15 is 0 Å². The van der Waals surface area contributed by atoms with E-state index in [0.717, 1.165) is 31.3 Å². The molecule has 0 aromatic heterocycles. The molecule has 2 aromatic carbocycles. The van der Waals surface area contributed by atoms with Gasteiger partial charge in [0.2, 0.25) is 0 Å². The highest BCUT2D eigenvalue weighted by Crippen LogP contribution is 2.22. The second kappa shape index (κ2) is 9.05. The first-order valence-corrected chi connectivity index (χ1v) is 10.6. The molecule has 0 unspecified atom stereocenters. The molecule has 140 valence electrons. The summed E-state index contributed by atoms with van der Waals surface area (Å²) in [5.74, 6) is -0.303. The molecule has 0 fully saturated rings. The van der Waals surface area contributed by atoms with Crippen LogP contribution in [0.15, 0.2) is 53.4 Å². The highest BCUT2D eigenvalue weighted by atomic mass is 35.5. The highest BCUT2D eigenvalue weighted by Gasteiger charge is 2.15. The molecule has 0 saturated carbocycles. The van der Waals surface area contributed by atoms with Crippen LogP contribution in [-0.2, 0) is 9.84 Å². The molecule has 0 aliphatic heterocycles. The molecule has 0 atom stereocenters. The van der Waals surface area contributed by atoms with E-state index in [0.29, 0.717) is 6.54 Å². The zero-order chi connectivity index (χ0) is 19.2. The fourth-order valence-corrected chi connectivity index (χ4v) is 3.82. The van der Waals surface area contributed by atoms with Crippen LogP contribution in [0, 0.1) is 0 Å². The Morgan fingerprint density at radius 2 is 1.81 bits per heavy atom. The second-order valence-electron chi connectivity index (χ2n) is 6.14. The van der Waals surface area contributed by atoms with Crippen LogP contribution in [0.3, 0.4) is 0 Å². The summed E-state index contributed by atoms with van der Waals surface area (Å²) in [7, 11) is -1.44. The lowest BCUT2D eigenvalue weighted by atomic mass is 10.2. The van der Waals surface area contributed by atoms with E-state index in [-0.39, 0.29) is 21.4 Å². The lowest BCUT2D eigenvalue weighted by molar-refractivity contribution is 0.0953. The van der Waals surface area contributed by atoms with E-state index in [1.54, 1.807) is 0 Å². The summed E-state index contributed by atoms with van der Waals surface area (Å²) in [6.07, 6.45) is 2.83. The number of nitrogens with zero attached hydrogens (tertiary/aromatic N) is 1. The number of sulfone groups is 1. The van der Waals surface area contributed by atoms with Gasteiger partial charge >= 0.3 is 0 Å². The van der Waals surface area contributed by atoms with Crippen LogP contribution in [0.2, 0.25) is 5.02 Å². The van der Waals surface area contributed by atoms with E-state index in [4.69, 9.17) is 11.6 Å². The molecule has 0 spiro atoms. The van der Waals surface area contributed by atoms with Crippen molar-refractivity contribution in [1.82, 2.24) is 5.32 Å². The van der Waals surface area contributed by atoms with Crippen molar-refractivity contribution >= 4 is 33.0 Å². The van der Waals surface area contributed by atoms with Gasteiger partial charge in [0.25, 0.3) is 5.91 Å². The Balaban J connectivity index is 1.81. The third-order valence-electron chi connectivity index (χ3n) is 4.00. The monoisotopic (exact) mass is 394 g/mol. The SMILES string of the molecule is CN(CCCCNC(=O)c1ccc(Cl)c(S(C)(=O)=O)c1)c1ccccc1. The van der Waals surface area contributed by atoms with E-state index < -0.39 is 9.84 Å². The zero-order valence-corrected chi connectivity index (χ0v) is 16.5. The van der Waals surface area contributed by atoms with Crippen molar-refractivity contribution < 1.29 is 13.2 Å². The van der Waals surface area contributed by atoms with Crippen LogP contribution in [0.4, 0.5) is 5.69 Å². The van der Waals surface area contributed by atoms with E-state index in [1.807, 2.05) is 25.2 Å². The van der Waals surface area contributed by atoms with Gasteiger partial charge in [-0.15, -0.1) is 0 Å². The van der Waals surface area contributed by atoms with Gasteiger partial charge in [0.1, 0.15) is 0 Å². The van der Waals surface area contributed by atoms with Crippen LogP contribution in [-0.4, -0.2) is 40.7 Å². The molecule has 0 radical (unpaired) electrons. The van der Waals surface area contributed by atoms with Gasteiger partial charge < -0.3 is 10.2 Å². The molecule has 1 N–H and O–H groups in total. The van der Waals surface area contributed by atoms with Crippen molar-refractivity contribution in [1.29, 1.82) is 0 Å². The number of amides is 1. The Kier molecular flexibility index (Phi) is 7.06. The summed E-state index contributed by atoms with van der Waals surface area (Å²) in [6.45, 7) is 1.41. The molecule has 0 bridgehead atoms. The topological polar surface area (TPSA) is 66.5 Å². The van der Waals surface area contributed by atoms with Crippen molar-refractivity contribution in [3.63, 3.8) is 0 Å². The number of para-hydroxylation sites is 1. The maximum atomic E-state index is 12.2. The van der Waals surface area contributed by atoms with Gasteiger partial charge in [-0.05, 0) is 43.2 Å². The minimum absolute atomic E-state index is 0.0312. The molecule has 2 rings (SSSR count). The first kappa shape index (κ1) is 20.3. The maximum absolute atomic E-state index is 12.2. The second-order valence-corrected chi connectivity index (χ2v) is 8.53. The summed E-state index contributed by atoms with van der Waals surface area (Å²) < 4.78 is 23.4. The molecule has 0 saturated heterocycles. The van der Waals surface area contributed by atoms with Crippen LogP contribution < -0.4 is 10.2 Å². The number of hydrogen-bond acceptors (Lipinski definition) is 4. The largest absolute Gasteiger partial charge is 0.375 e. The summed E-state index contributed by atoms with van der Waals surface area (Å²) in [4.78, 5) is 14.3. The van der Waals surface area contributed by atoms with Crippen LogP contribution in [0.25, 0.3) is 0 Å². The van der Waals surface area contributed by atoms with Gasteiger partial charge in [-0.3, -0.25) is 4.79 Å². The van der Waals surface area contributed by atoms with Crippen LogP contribution >= 0.6 is 11.6 Å². The van der Waals surface area contributed by atoms with E-state index in [1.165, 1.54) is 18.2 Å². The molecule has 0 aliphatic rings. The van der Waals surface area contributed by atoms with Crippen LogP contribution in [0.5, 0.6) is 0 Å². The Hall–Kier alpha value is -2.05. The van der Waals surface area contributed by atoms with Gasteiger partial charge in [-0.2, -0.15) is 0 Å². The minimum Gasteiger partial charge on any atom is -0.375 e. The van der Waals surface area contributed by atoms with Gasteiger partial charge in [-0.25, -0.2) is 8.42 Å². The number of anilines is 1. The number of rotatable bonds is 8. The quantitative estimate of drug-likeness (QED) is 0.697. The molecule has 2 aromatic rings. The van der Waals surface area contributed by atoms with Crippen molar-refractivity contribution in [2.75, 3.05) is 31.3 Å². The van der Waals surface area contributed by atoms with Crippen molar-refractivity contribution in [3.05, 3.63) is 59.1 Å². The molecule has 0 aliphatic carbocycles. The number of halogens is 1. The standard InChI is InChI=1S/C19H23ClN2O3S/c1-22(16-8-4-3-5-9-16)13-7-6-12-21-19(23)15-10-11-17(20)18(14-15)26(2,24)25/h3-5,8-11,14H,6-7,12-13H2,1-2H3,(H,21,23). The number of nitrogens with one attached hydrogen (secondary N) is 1. The molecular weight excluding hydrogens is 372 g/mol. The lowest BCUT2D eigenvalue weighted by Gasteiger charge is -2.19. The third kappa shape index (κ3) is 5.75. The third-order valence-corrected chi connectivity index (χ3v) is 5.57. The number of hydrogen-bond donors (Lipinski definition) is 1. The molecular formula is C19H23ClN2O3S. The number of carbonyl (C=O) groups is 1. The van der Waals surface area contributed by atoms with Gasteiger partial charge in [0.15, 0.2) is 9.84 Å². The first-order valence-electron chi connectivity index (χ1n) is 8.33. The average molecular weight is 395 g/mol. The summed E-state index contributed by atoms with van der Waals surface area (Å²) in [5, 5.41) is 2.93. The maximum Gasteiger partial charge on any atom is 0.251 e. The zero-order valence-electron chi connectivity index (χ0n) is 14.9. The van der Waals surface area contributed by atoms with Crippen molar-refractivity contribution in [2.24, 2.45) is 0 Å². The summed E-state index contributed by atoms with van der Waals surface area (Å²) in [5.41, 5.74) is 1.45. The van der Waals surface area contributed by atoms with Crippen molar-refractivity contribution in [3.8, 4) is 0 Å². The van der Waals surface area contributed by atoms with E-state index in [2.05, 4.69) is 22.3 Å². The minimum atomic E-state index is -3.47. The Bertz CT molecular complexity index is 854. The Morgan fingerprint density at radius 3 is 2.46 bits per heavy atom. The molecule has 1 amide bonds. The summed E-state index contributed by atoms with van der Waals surface area (Å²) >= 11 is 5.90. The molecule has 7 heteroatoms. The fourth-order valence-electron chi connectivity index (χ4n) is 2.52. The summed E-state index contributed by atoms with van der Waals surface area (Å²) in [6, 6.07) is 14.4. The smallest absolute Gasteiger partial charge is 0.251 e. The highest BCUT2D eigenvalue weighted by molar-refractivity contribution is 7.90. The number of benzene rings is 2. The molecule has 5 nitrogen and oxygen atoms in total. The lowest BCUT2D eigenvalue weighted by Crippen LogP contribution is -2.26. The van der Waals surface area contributed by atoms with Crippen molar-refractivity contribution in [2.45, 2.75) is 17.7 Å². The number of carbonyl (C=O) groups excluding carboxylic acids is 1. The predicted molar refractivity (Wildman–Crippen MR) is 106 cm³/mol. The molecule has 26 heavy (non-hydrogen) atoms. The normalized spacial score (nSPS) is 11.2. The van der Waals surface area contributed by atoms with E-state index in [9.17, 15) is 13.2 Å². The number of unbranched alkanes of at least 4 members (excludes halogenated alkanes) is 1. The average Bonchev–Trinajstić information content (AvgIpc) is 2.61. The van der Waals surface area contributed by atoms with Crippen LogP contribution in [0.1, 0.15) is 23.2 Å². The van der Waals surface area contributed by atoms with Gasteiger partial charge in [0, 0.05) is 37.6 Å².